The van der Waals surface area contributed by atoms with E-state index < -0.39 is 0 Å². The number of hydrogen-bond donors (Lipinski definition) is 0. The van der Waals surface area contributed by atoms with E-state index in [9.17, 15) is 0 Å². The Morgan fingerprint density at radius 1 is 0.730 bits per heavy atom. The van der Waals surface area contributed by atoms with Gasteiger partial charge in [0.25, 0.3) is 0 Å². The molecule has 0 aromatic carbocycles. The highest BCUT2D eigenvalue weighted by Crippen LogP contribution is 2.67. The second-order valence-corrected chi connectivity index (χ2v) is 22.6. The topological polar surface area (TPSA) is 40.2 Å². The fourth-order valence-corrected chi connectivity index (χ4v) is 13.7. The van der Waals surface area contributed by atoms with Crippen LogP contribution in [0.3, 0.4) is 0 Å². The molecule has 63 heavy (non-hydrogen) atoms. The molecule has 0 spiro atoms. The lowest BCUT2D eigenvalue weighted by Gasteiger charge is -2.58. The van der Waals surface area contributed by atoms with Crippen molar-refractivity contribution in [1.29, 1.82) is 0 Å². The number of nitrogens with zero attached hydrogens (tertiary/aromatic N) is 1. The van der Waals surface area contributed by atoms with E-state index in [1.54, 1.807) is 5.57 Å². The van der Waals surface area contributed by atoms with E-state index in [1.807, 2.05) is 0 Å². The molecule has 5 nitrogen and oxygen atoms in total. The zero-order chi connectivity index (χ0) is 44.8. The van der Waals surface area contributed by atoms with Gasteiger partial charge in [0.1, 0.15) is 0 Å². The Bertz CT molecular complexity index is 1310. The summed E-state index contributed by atoms with van der Waals surface area (Å²) in [7, 11) is 0. The van der Waals surface area contributed by atoms with Gasteiger partial charge in [-0.3, -0.25) is 4.90 Å². The Morgan fingerprint density at radius 3 is 2.27 bits per heavy atom. The first-order valence-corrected chi connectivity index (χ1v) is 27.8. The van der Waals surface area contributed by atoms with Crippen LogP contribution in [0.2, 0.25) is 0 Å². The zero-order valence-corrected chi connectivity index (χ0v) is 42.7. The van der Waals surface area contributed by atoms with Crippen LogP contribution < -0.4 is 0 Å². The summed E-state index contributed by atoms with van der Waals surface area (Å²) in [6.07, 6.45) is 46.9. The molecule has 5 aliphatic rings. The van der Waals surface area contributed by atoms with E-state index in [1.165, 1.54) is 154 Å². The van der Waals surface area contributed by atoms with Crippen LogP contribution in [-0.4, -0.2) is 75.9 Å². The summed E-state index contributed by atoms with van der Waals surface area (Å²) in [4.78, 5) is 2.62. The first kappa shape index (κ1) is 53.0. The van der Waals surface area contributed by atoms with E-state index in [-0.39, 0.29) is 6.10 Å². The SMILES string of the molecule is CCCCCC=CCC=CCCCCCCCCOCC(CN1CCCC[C@@H]1C)OCCOCCO[C@H]1CC[C@@]2(C)C(=CCC3C2CC[C@@]2(C)C3CC[C@@H]2[C@H](C)CCCC(C)C)C1. The summed E-state index contributed by atoms with van der Waals surface area (Å²) in [5.74, 6) is 5.36. The van der Waals surface area contributed by atoms with Gasteiger partial charge in [-0.15, -0.1) is 0 Å². The normalized spacial score (nSPS) is 31.1. The van der Waals surface area contributed by atoms with Gasteiger partial charge in [0.2, 0.25) is 0 Å². The third kappa shape index (κ3) is 16.9. The molecule has 5 heteroatoms. The summed E-state index contributed by atoms with van der Waals surface area (Å²) in [5, 5.41) is 0. The van der Waals surface area contributed by atoms with Crippen molar-refractivity contribution in [2.75, 3.05) is 52.7 Å². The van der Waals surface area contributed by atoms with E-state index >= 15 is 0 Å². The second kappa shape index (κ2) is 29.0. The Balaban J connectivity index is 0.925. The predicted octanol–water partition coefficient (Wildman–Crippen LogP) is 15.5. The number of piperidine rings is 1. The van der Waals surface area contributed by atoms with Crippen LogP contribution in [0.5, 0.6) is 0 Å². The molecule has 4 fully saturated rings. The summed E-state index contributed by atoms with van der Waals surface area (Å²) < 4.78 is 25.4. The maximum atomic E-state index is 6.53. The van der Waals surface area contributed by atoms with Gasteiger partial charge in [0, 0.05) is 19.2 Å². The van der Waals surface area contributed by atoms with Crippen molar-refractivity contribution in [2.24, 2.45) is 46.3 Å². The summed E-state index contributed by atoms with van der Waals surface area (Å²) in [6.45, 7) is 23.7. The fourth-order valence-electron chi connectivity index (χ4n) is 13.7. The largest absolute Gasteiger partial charge is 0.379 e. The number of rotatable bonds is 32. The Kier molecular flexibility index (Phi) is 24.4. The lowest BCUT2D eigenvalue weighted by atomic mass is 9.47. The van der Waals surface area contributed by atoms with Crippen LogP contribution >= 0.6 is 0 Å². The average molecular weight is 878 g/mol. The smallest absolute Gasteiger partial charge is 0.0936 e. The van der Waals surface area contributed by atoms with Crippen LogP contribution in [0, 0.1) is 46.3 Å². The minimum Gasteiger partial charge on any atom is -0.379 e. The number of fused-ring (bicyclic) bond motifs is 5. The molecule has 0 aromatic heterocycles. The second-order valence-electron chi connectivity index (χ2n) is 22.6. The van der Waals surface area contributed by atoms with Gasteiger partial charge in [-0.2, -0.15) is 0 Å². The molecular formula is C58H103NO4. The minimum atomic E-state index is 0.103. The molecular weight excluding hydrogens is 775 g/mol. The number of unbranched alkanes of at least 4 members (excludes halogenated alkanes) is 9. The van der Waals surface area contributed by atoms with E-state index in [2.05, 4.69) is 83.7 Å². The molecule has 1 aliphatic heterocycles. The van der Waals surface area contributed by atoms with Crippen molar-refractivity contribution < 1.29 is 18.9 Å². The third-order valence-electron chi connectivity index (χ3n) is 17.6. The molecule has 4 unspecified atom stereocenters. The Hall–Kier alpha value is -0.980. The lowest BCUT2D eigenvalue weighted by Crippen LogP contribution is -2.51. The van der Waals surface area contributed by atoms with E-state index in [0.29, 0.717) is 56.0 Å². The highest BCUT2D eigenvalue weighted by molar-refractivity contribution is 5.25. The van der Waals surface area contributed by atoms with Gasteiger partial charge in [0.05, 0.1) is 45.2 Å². The Labute approximate surface area is 391 Å². The highest BCUT2D eigenvalue weighted by Gasteiger charge is 2.59. The van der Waals surface area contributed by atoms with Gasteiger partial charge >= 0.3 is 0 Å². The molecule has 4 aliphatic carbocycles. The van der Waals surface area contributed by atoms with Crippen LogP contribution in [0.1, 0.15) is 215 Å². The maximum Gasteiger partial charge on any atom is 0.0936 e. The molecule has 0 amide bonds. The standard InChI is InChI=1S/C58H103NO4/c1-8-9-10-11-12-13-14-15-16-17-18-19-20-21-22-25-39-61-46-52(45-59-38-24-23-29-49(59)5)63-43-41-60-40-42-62-51-34-36-57(6)50(44-51)30-31-53-55-33-32-54(48(4)28-26-27-47(2)3)58(55,7)37-35-56(53)57/h12-13,15-16,30,47-49,51-56H,8-11,14,17-29,31-46H2,1-7H3/t48-,49+,51+,52?,53?,54-,55?,56?,57+,58-/m1/s1. The van der Waals surface area contributed by atoms with Gasteiger partial charge < -0.3 is 18.9 Å². The molecule has 0 aromatic rings. The number of likely N-dealkylation sites (tertiary alicyclic amines) is 1. The molecule has 0 N–H and O–H groups in total. The zero-order valence-electron chi connectivity index (χ0n) is 42.7. The average Bonchev–Trinajstić information content (AvgIpc) is 3.63. The molecule has 0 radical (unpaired) electrons. The first-order valence-electron chi connectivity index (χ1n) is 27.8. The summed E-state index contributed by atoms with van der Waals surface area (Å²) in [5.41, 5.74) is 2.68. The molecule has 5 rings (SSSR count). The van der Waals surface area contributed by atoms with E-state index in [0.717, 1.165) is 67.9 Å². The van der Waals surface area contributed by atoms with Crippen LogP contribution in [0.4, 0.5) is 0 Å². The van der Waals surface area contributed by atoms with Gasteiger partial charge in [0.15, 0.2) is 0 Å². The Morgan fingerprint density at radius 2 is 1.49 bits per heavy atom. The molecule has 1 saturated heterocycles. The molecule has 1 heterocycles. The van der Waals surface area contributed by atoms with E-state index in [4.69, 9.17) is 18.9 Å². The van der Waals surface area contributed by atoms with Crippen LogP contribution in [0.15, 0.2) is 36.0 Å². The molecule has 3 saturated carbocycles. The quantitative estimate of drug-likeness (QED) is 0.0497. The molecule has 364 valence electrons. The highest BCUT2D eigenvalue weighted by atomic mass is 16.6. The monoisotopic (exact) mass is 878 g/mol. The van der Waals surface area contributed by atoms with Gasteiger partial charge in [-0.25, -0.2) is 0 Å². The minimum absolute atomic E-state index is 0.103. The van der Waals surface area contributed by atoms with Crippen LogP contribution in [-0.2, 0) is 18.9 Å². The van der Waals surface area contributed by atoms with Crippen molar-refractivity contribution in [2.45, 2.75) is 234 Å². The van der Waals surface area contributed by atoms with Crippen molar-refractivity contribution in [3.8, 4) is 0 Å². The third-order valence-corrected chi connectivity index (χ3v) is 17.6. The number of allylic oxidation sites excluding steroid dienone is 5. The number of hydrogen-bond acceptors (Lipinski definition) is 5. The van der Waals surface area contributed by atoms with Gasteiger partial charge in [-0.1, -0.05) is 142 Å². The van der Waals surface area contributed by atoms with Crippen molar-refractivity contribution >= 4 is 0 Å². The first-order chi connectivity index (χ1) is 30.7. The molecule has 0 bridgehead atoms. The number of ether oxygens (including phenoxy) is 4. The lowest BCUT2D eigenvalue weighted by molar-refractivity contribution is -0.0748. The summed E-state index contributed by atoms with van der Waals surface area (Å²) in [6, 6.07) is 0.630. The molecule has 10 atom stereocenters. The fraction of sp³-hybridized carbons (Fsp3) is 0.897. The predicted molar refractivity (Wildman–Crippen MR) is 268 cm³/mol. The van der Waals surface area contributed by atoms with Gasteiger partial charge in [-0.05, 0) is 163 Å². The van der Waals surface area contributed by atoms with Crippen molar-refractivity contribution in [3.05, 3.63) is 36.0 Å². The summed E-state index contributed by atoms with van der Waals surface area (Å²) >= 11 is 0. The van der Waals surface area contributed by atoms with Crippen molar-refractivity contribution in [1.82, 2.24) is 4.90 Å². The van der Waals surface area contributed by atoms with Crippen LogP contribution in [0.25, 0.3) is 0 Å². The van der Waals surface area contributed by atoms with Crippen molar-refractivity contribution in [3.63, 3.8) is 0 Å². The maximum absolute atomic E-state index is 6.53.